The molecule has 4 aromatic rings. The average molecular weight is 473 g/mol. The Kier molecular flexibility index (Phi) is 5.47. The summed E-state index contributed by atoms with van der Waals surface area (Å²) in [4.78, 5) is 37.4. The molecular weight excluding hydrogens is 463 g/mol. The van der Waals surface area contributed by atoms with Crippen molar-refractivity contribution in [3.63, 3.8) is 0 Å². The van der Waals surface area contributed by atoms with Gasteiger partial charge in [-0.15, -0.1) is 0 Å². The lowest BCUT2D eigenvalue weighted by Gasteiger charge is -2.05. The molecule has 0 atom stereocenters. The molecule has 0 aliphatic heterocycles. The number of rotatable bonds is 5. The first-order valence-electron chi connectivity index (χ1n) is 8.82. The van der Waals surface area contributed by atoms with Gasteiger partial charge in [-0.1, -0.05) is 23.2 Å². The van der Waals surface area contributed by atoms with Crippen LogP contribution in [0, 0.1) is 20.2 Å². The van der Waals surface area contributed by atoms with Crippen LogP contribution in [0.25, 0.3) is 22.6 Å². The predicted molar refractivity (Wildman–Crippen MR) is 117 cm³/mol. The fourth-order valence-electron chi connectivity index (χ4n) is 2.90. The van der Waals surface area contributed by atoms with Crippen LogP contribution in [-0.4, -0.2) is 20.7 Å². The van der Waals surface area contributed by atoms with Crippen LogP contribution >= 0.6 is 23.2 Å². The van der Waals surface area contributed by atoms with E-state index in [2.05, 4.69) is 10.3 Å². The normalized spacial score (nSPS) is 10.8. The molecule has 1 N–H and O–H groups in total. The van der Waals surface area contributed by atoms with E-state index in [1.54, 1.807) is 24.3 Å². The summed E-state index contributed by atoms with van der Waals surface area (Å²) < 4.78 is 5.70. The first-order valence-corrected chi connectivity index (χ1v) is 9.58. The highest BCUT2D eigenvalue weighted by molar-refractivity contribution is 6.42. The van der Waals surface area contributed by atoms with E-state index in [1.165, 1.54) is 12.1 Å². The molecule has 0 bridgehead atoms. The van der Waals surface area contributed by atoms with Gasteiger partial charge in [0, 0.05) is 23.4 Å². The lowest BCUT2D eigenvalue weighted by molar-refractivity contribution is -0.394. The SMILES string of the molecule is O=C(Nc1ccc2oc(-c3ccc(Cl)c(Cl)c3)nc2c1)c1cc([N+](=O)[O-])cc([N+](=O)[O-])c1. The number of fused-ring (bicyclic) bond motifs is 1. The lowest BCUT2D eigenvalue weighted by atomic mass is 10.1. The smallest absolute Gasteiger partial charge is 0.277 e. The summed E-state index contributed by atoms with van der Waals surface area (Å²) in [5.74, 6) is -0.472. The Morgan fingerprint density at radius 1 is 0.906 bits per heavy atom. The summed E-state index contributed by atoms with van der Waals surface area (Å²) in [6.07, 6.45) is 0. The fraction of sp³-hybridized carbons (Fsp3) is 0. The number of nitrogens with zero attached hydrogens (tertiary/aromatic N) is 3. The fourth-order valence-corrected chi connectivity index (χ4v) is 3.20. The van der Waals surface area contributed by atoms with E-state index >= 15 is 0 Å². The number of carbonyl (C=O) groups excluding carboxylic acids is 1. The maximum absolute atomic E-state index is 12.6. The van der Waals surface area contributed by atoms with Gasteiger partial charge in [-0.3, -0.25) is 25.0 Å². The minimum absolute atomic E-state index is 0.234. The third-order valence-corrected chi connectivity index (χ3v) is 5.14. The summed E-state index contributed by atoms with van der Waals surface area (Å²) in [6.45, 7) is 0. The Balaban J connectivity index is 1.63. The van der Waals surface area contributed by atoms with Crippen LogP contribution in [0.5, 0.6) is 0 Å². The molecular formula is C20H10Cl2N4O6. The molecule has 0 unspecified atom stereocenters. The van der Waals surface area contributed by atoms with Gasteiger partial charge in [-0.2, -0.15) is 0 Å². The number of carbonyl (C=O) groups is 1. The zero-order chi connectivity index (χ0) is 23.0. The summed E-state index contributed by atoms with van der Waals surface area (Å²) in [6, 6.07) is 12.2. The lowest BCUT2D eigenvalue weighted by Crippen LogP contribution is -2.12. The molecule has 0 saturated carbocycles. The molecule has 1 amide bonds. The molecule has 0 fully saturated rings. The van der Waals surface area contributed by atoms with Crippen molar-refractivity contribution in [2.75, 3.05) is 5.32 Å². The Morgan fingerprint density at radius 3 is 2.22 bits per heavy atom. The molecule has 3 aromatic carbocycles. The quantitative estimate of drug-likeness (QED) is 0.282. The molecule has 32 heavy (non-hydrogen) atoms. The molecule has 10 nitrogen and oxygen atoms in total. The standard InChI is InChI=1S/C20H10Cl2N4O6/c21-15-3-1-10(7-16(15)22)20-24-17-8-12(2-4-18(17)32-20)23-19(27)11-5-13(25(28)29)9-14(6-11)26(30)31/h1-9H,(H,23,27). The van der Waals surface area contributed by atoms with Crippen molar-refractivity contribution in [1.82, 2.24) is 4.98 Å². The largest absolute Gasteiger partial charge is 0.436 e. The Bertz CT molecular complexity index is 1390. The number of anilines is 1. The summed E-state index contributed by atoms with van der Waals surface area (Å²) in [5, 5.41) is 25.3. The second-order valence-electron chi connectivity index (χ2n) is 6.54. The van der Waals surface area contributed by atoms with Gasteiger partial charge in [-0.05, 0) is 36.4 Å². The summed E-state index contributed by atoms with van der Waals surface area (Å²) in [5.41, 5.74) is 0.410. The van der Waals surface area contributed by atoms with E-state index < -0.39 is 27.1 Å². The van der Waals surface area contributed by atoms with Gasteiger partial charge in [0.1, 0.15) is 5.52 Å². The molecule has 160 valence electrons. The van der Waals surface area contributed by atoms with E-state index in [4.69, 9.17) is 27.6 Å². The number of non-ortho nitro benzene ring substituents is 2. The molecule has 0 saturated heterocycles. The van der Waals surface area contributed by atoms with Crippen molar-refractivity contribution in [2.45, 2.75) is 0 Å². The predicted octanol–water partition coefficient (Wildman–Crippen LogP) is 5.87. The maximum Gasteiger partial charge on any atom is 0.277 e. The zero-order valence-corrected chi connectivity index (χ0v) is 17.3. The van der Waals surface area contributed by atoms with Crippen LogP contribution in [0.4, 0.5) is 17.1 Å². The van der Waals surface area contributed by atoms with Crippen molar-refractivity contribution in [2.24, 2.45) is 0 Å². The number of halogens is 2. The summed E-state index contributed by atoms with van der Waals surface area (Å²) in [7, 11) is 0. The van der Waals surface area contributed by atoms with Gasteiger partial charge in [-0.25, -0.2) is 4.98 Å². The Morgan fingerprint density at radius 2 is 1.59 bits per heavy atom. The van der Waals surface area contributed by atoms with Crippen molar-refractivity contribution >= 4 is 57.3 Å². The number of benzene rings is 3. The molecule has 0 radical (unpaired) electrons. The van der Waals surface area contributed by atoms with Gasteiger partial charge < -0.3 is 9.73 Å². The van der Waals surface area contributed by atoms with Crippen molar-refractivity contribution in [1.29, 1.82) is 0 Å². The van der Waals surface area contributed by atoms with Gasteiger partial charge in [0.15, 0.2) is 5.58 Å². The number of hydrogen-bond donors (Lipinski definition) is 1. The highest BCUT2D eigenvalue weighted by Gasteiger charge is 2.20. The number of nitro groups is 2. The van der Waals surface area contributed by atoms with Crippen molar-refractivity contribution in [3.8, 4) is 11.5 Å². The number of nitro benzene ring substituents is 2. The number of aromatic nitrogens is 1. The van der Waals surface area contributed by atoms with Crippen molar-refractivity contribution < 1.29 is 19.1 Å². The zero-order valence-electron chi connectivity index (χ0n) is 15.7. The first-order chi connectivity index (χ1) is 15.2. The van der Waals surface area contributed by atoms with Gasteiger partial charge in [0.05, 0.1) is 31.5 Å². The van der Waals surface area contributed by atoms with E-state index in [1.807, 2.05) is 0 Å². The van der Waals surface area contributed by atoms with Crippen LogP contribution in [0.2, 0.25) is 10.0 Å². The van der Waals surface area contributed by atoms with Gasteiger partial charge in [0.2, 0.25) is 5.89 Å². The second-order valence-corrected chi connectivity index (χ2v) is 7.35. The van der Waals surface area contributed by atoms with Gasteiger partial charge >= 0.3 is 0 Å². The van der Waals surface area contributed by atoms with Crippen LogP contribution < -0.4 is 5.32 Å². The molecule has 0 aliphatic carbocycles. The highest BCUT2D eigenvalue weighted by Crippen LogP contribution is 2.31. The maximum atomic E-state index is 12.6. The monoisotopic (exact) mass is 472 g/mol. The van der Waals surface area contributed by atoms with E-state index in [9.17, 15) is 25.0 Å². The minimum Gasteiger partial charge on any atom is -0.436 e. The number of hydrogen-bond acceptors (Lipinski definition) is 7. The van der Waals surface area contributed by atoms with Crippen LogP contribution in [0.15, 0.2) is 59.0 Å². The molecule has 1 heterocycles. The van der Waals surface area contributed by atoms with E-state index in [0.29, 0.717) is 32.4 Å². The highest BCUT2D eigenvalue weighted by atomic mass is 35.5. The van der Waals surface area contributed by atoms with Gasteiger partial charge in [0.25, 0.3) is 17.3 Å². The Hall–Kier alpha value is -4.02. The third kappa shape index (κ3) is 4.22. The number of amides is 1. The molecule has 12 heteroatoms. The third-order valence-electron chi connectivity index (χ3n) is 4.40. The van der Waals surface area contributed by atoms with E-state index in [-0.39, 0.29) is 11.5 Å². The first kappa shape index (κ1) is 21.2. The average Bonchev–Trinajstić information content (AvgIpc) is 3.18. The molecule has 4 rings (SSSR count). The van der Waals surface area contributed by atoms with Crippen LogP contribution in [-0.2, 0) is 0 Å². The number of nitrogens with one attached hydrogen (secondary N) is 1. The Labute approximate surface area is 188 Å². The second kappa shape index (κ2) is 8.25. The molecule has 0 aliphatic rings. The molecule has 1 aromatic heterocycles. The summed E-state index contributed by atoms with van der Waals surface area (Å²) >= 11 is 12.0. The van der Waals surface area contributed by atoms with E-state index in [0.717, 1.165) is 18.2 Å². The number of oxazole rings is 1. The topological polar surface area (TPSA) is 141 Å². The van der Waals surface area contributed by atoms with Crippen LogP contribution in [0.1, 0.15) is 10.4 Å². The van der Waals surface area contributed by atoms with Crippen molar-refractivity contribution in [3.05, 3.63) is 90.4 Å². The van der Waals surface area contributed by atoms with Crippen LogP contribution in [0.3, 0.4) is 0 Å². The molecule has 0 spiro atoms. The minimum atomic E-state index is -0.810.